The lowest BCUT2D eigenvalue weighted by Crippen LogP contribution is -2.29. The summed E-state index contributed by atoms with van der Waals surface area (Å²) in [5.74, 6) is -0.349. The molecule has 0 amide bonds. The number of nitrogens with zero attached hydrogens (tertiary/aromatic N) is 2. The zero-order chi connectivity index (χ0) is 23.3. The minimum atomic E-state index is -1.19. The molecule has 168 valence electrons. The fraction of sp³-hybridized carbons (Fsp3) is 0.370. The van der Waals surface area contributed by atoms with E-state index in [0.29, 0.717) is 24.8 Å². The molecule has 0 radical (unpaired) electrons. The monoisotopic (exact) mass is 432 g/mol. The third-order valence-electron chi connectivity index (χ3n) is 5.47. The highest BCUT2D eigenvalue weighted by atomic mass is 16.4. The molecule has 3 rings (SSSR count). The van der Waals surface area contributed by atoms with E-state index in [-0.39, 0.29) is 5.56 Å². The molecule has 0 aliphatic heterocycles. The van der Waals surface area contributed by atoms with Crippen molar-refractivity contribution < 1.29 is 9.90 Å². The van der Waals surface area contributed by atoms with Crippen LogP contribution < -0.4 is 5.56 Å². The second kappa shape index (κ2) is 10.4. The van der Waals surface area contributed by atoms with Gasteiger partial charge in [-0.25, -0.2) is 4.79 Å². The van der Waals surface area contributed by atoms with E-state index in [2.05, 4.69) is 32.7 Å². The molecule has 5 heteroatoms. The molecule has 0 spiro atoms. The molecule has 2 heterocycles. The minimum absolute atomic E-state index is 0.181. The number of hydrogen-bond acceptors (Lipinski definition) is 3. The maximum atomic E-state index is 13.3. The van der Waals surface area contributed by atoms with Gasteiger partial charge >= 0.3 is 5.97 Å². The molecule has 5 nitrogen and oxygen atoms in total. The van der Waals surface area contributed by atoms with E-state index in [4.69, 9.17) is 0 Å². The highest BCUT2D eigenvalue weighted by molar-refractivity contribution is 5.88. The summed E-state index contributed by atoms with van der Waals surface area (Å²) in [5.41, 5.74) is 3.92. The highest BCUT2D eigenvalue weighted by Gasteiger charge is 2.21. The average molecular weight is 433 g/mol. The first-order chi connectivity index (χ1) is 15.3. The first kappa shape index (κ1) is 23.5. The number of carboxylic acid groups (broad SMARTS) is 1. The van der Waals surface area contributed by atoms with Crippen molar-refractivity contribution >= 4 is 5.97 Å². The molecule has 3 aromatic rings. The van der Waals surface area contributed by atoms with Crippen LogP contribution in [0.15, 0.2) is 59.5 Å². The molecule has 32 heavy (non-hydrogen) atoms. The summed E-state index contributed by atoms with van der Waals surface area (Å²) >= 11 is 0. The maximum absolute atomic E-state index is 13.3. The second-order valence-corrected chi connectivity index (χ2v) is 9.17. The fourth-order valence-corrected chi connectivity index (χ4v) is 3.93. The summed E-state index contributed by atoms with van der Waals surface area (Å²) in [4.78, 5) is 29.7. The fourth-order valence-electron chi connectivity index (χ4n) is 3.93. The number of carboxylic acids is 1. The number of aromatic carboxylic acids is 1. The highest BCUT2D eigenvalue weighted by Crippen LogP contribution is 2.27. The zero-order valence-corrected chi connectivity index (χ0v) is 19.3. The summed E-state index contributed by atoms with van der Waals surface area (Å²) < 4.78 is 1.66. The lowest BCUT2D eigenvalue weighted by atomic mass is 9.96. The van der Waals surface area contributed by atoms with Gasteiger partial charge in [-0.2, -0.15) is 0 Å². The van der Waals surface area contributed by atoms with Gasteiger partial charge in [-0.05, 0) is 60.4 Å². The van der Waals surface area contributed by atoms with Crippen LogP contribution in [0.2, 0.25) is 0 Å². The van der Waals surface area contributed by atoms with Crippen LogP contribution in [0, 0.1) is 11.8 Å². The number of aromatic nitrogens is 2. The Bertz CT molecular complexity index is 1130. The van der Waals surface area contributed by atoms with Gasteiger partial charge in [0.2, 0.25) is 0 Å². The molecule has 0 aliphatic rings. The van der Waals surface area contributed by atoms with E-state index >= 15 is 0 Å². The standard InChI is InChI=1S/C27H32N2O3/c1-18(2)11-13-29-25(21-10-12-28-23(16-21)14-19(3)4)22(15-20-8-6-5-7-9-20)17-24(26(29)30)27(31)32/h5-10,12,16-19H,11,13-15H2,1-4H3,(H,31,32). The quantitative estimate of drug-likeness (QED) is 0.488. The van der Waals surface area contributed by atoms with Crippen LogP contribution >= 0.6 is 0 Å². The first-order valence-corrected chi connectivity index (χ1v) is 11.3. The second-order valence-electron chi connectivity index (χ2n) is 9.17. The molecule has 1 aromatic carbocycles. The van der Waals surface area contributed by atoms with E-state index in [0.717, 1.165) is 40.9 Å². The predicted octanol–water partition coefficient (Wildman–Crippen LogP) is 5.44. The molecule has 0 fully saturated rings. The van der Waals surface area contributed by atoms with Crippen molar-refractivity contribution in [1.82, 2.24) is 9.55 Å². The Morgan fingerprint density at radius 3 is 2.38 bits per heavy atom. The molecular weight excluding hydrogens is 400 g/mol. The molecule has 0 bridgehead atoms. The Hall–Kier alpha value is -3.21. The van der Waals surface area contributed by atoms with Gasteiger partial charge in [0.1, 0.15) is 5.56 Å². The number of hydrogen-bond donors (Lipinski definition) is 1. The summed E-state index contributed by atoms with van der Waals surface area (Å²) in [7, 11) is 0. The van der Waals surface area contributed by atoms with E-state index in [9.17, 15) is 14.7 Å². The Morgan fingerprint density at radius 2 is 1.75 bits per heavy atom. The van der Waals surface area contributed by atoms with Crippen molar-refractivity contribution in [1.29, 1.82) is 0 Å². The molecule has 0 saturated carbocycles. The van der Waals surface area contributed by atoms with Crippen LogP contribution in [0.25, 0.3) is 11.3 Å². The van der Waals surface area contributed by atoms with Crippen molar-refractivity contribution in [2.45, 2.75) is 53.5 Å². The minimum Gasteiger partial charge on any atom is -0.477 e. The lowest BCUT2D eigenvalue weighted by molar-refractivity contribution is 0.0694. The normalized spacial score (nSPS) is 11.3. The molecule has 0 aliphatic carbocycles. The van der Waals surface area contributed by atoms with E-state index in [1.165, 1.54) is 0 Å². The molecule has 2 aromatic heterocycles. The van der Waals surface area contributed by atoms with E-state index < -0.39 is 11.5 Å². The van der Waals surface area contributed by atoms with Gasteiger partial charge in [-0.3, -0.25) is 9.78 Å². The lowest BCUT2D eigenvalue weighted by Gasteiger charge is -2.20. The summed E-state index contributed by atoms with van der Waals surface area (Å²) in [6.45, 7) is 8.97. The van der Waals surface area contributed by atoms with Crippen molar-refractivity contribution in [3.05, 3.63) is 87.5 Å². The number of pyridine rings is 2. The predicted molar refractivity (Wildman–Crippen MR) is 128 cm³/mol. The van der Waals surface area contributed by atoms with Gasteiger partial charge in [-0.15, -0.1) is 0 Å². The smallest absolute Gasteiger partial charge is 0.341 e. The SMILES string of the molecule is CC(C)CCn1c(-c2ccnc(CC(C)C)c2)c(Cc2ccccc2)cc(C(=O)O)c1=O. The van der Waals surface area contributed by atoms with Crippen LogP contribution in [0.1, 0.15) is 61.3 Å². The largest absolute Gasteiger partial charge is 0.477 e. The Kier molecular flexibility index (Phi) is 7.62. The van der Waals surface area contributed by atoms with Crippen LogP contribution in [0.4, 0.5) is 0 Å². The molecule has 1 N–H and O–H groups in total. The van der Waals surface area contributed by atoms with Gasteiger partial charge in [0, 0.05) is 24.0 Å². The van der Waals surface area contributed by atoms with Crippen molar-refractivity contribution in [2.24, 2.45) is 11.8 Å². The third-order valence-corrected chi connectivity index (χ3v) is 5.47. The first-order valence-electron chi connectivity index (χ1n) is 11.3. The zero-order valence-electron chi connectivity index (χ0n) is 19.3. The van der Waals surface area contributed by atoms with Crippen molar-refractivity contribution in [3.8, 4) is 11.3 Å². The number of rotatable bonds is 9. The van der Waals surface area contributed by atoms with Gasteiger partial charge in [-0.1, -0.05) is 58.0 Å². The van der Waals surface area contributed by atoms with Gasteiger partial charge < -0.3 is 9.67 Å². The summed E-state index contributed by atoms with van der Waals surface area (Å²) in [6.07, 6.45) is 3.94. The molecular formula is C27H32N2O3. The van der Waals surface area contributed by atoms with Crippen LogP contribution in [0.3, 0.4) is 0 Å². The van der Waals surface area contributed by atoms with Gasteiger partial charge in [0.25, 0.3) is 5.56 Å². The van der Waals surface area contributed by atoms with Crippen LogP contribution in [0.5, 0.6) is 0 Å². The molecule has 0 saturated heterocycles. The molecule has 0 atom stereocenters. The summed E-state index contributed by atoms with van der Waals surface area (Å²) in [6, 6.07) is 15.4. The van der Waals surface area contributed by atoms with E-state index in [1.54, 1.807) is 16.8 Å². The van der Waals surface area contributed by atoms with Crippen molar-refractivity contribution in [3.63, 3.8) is 0 Å². The van der Waals surface area contributed by atoms with Gasteiger partial charge in [0.15, 0.2) is 0 Å². The Balaban J connectivity index is 2.26. The molecule has 0 unspecified atom stereocenters. The van der Waals surface area contributed by atoms with Crippen LogP contribution in [-0.4, -0.2) is 20.6 Å². The topological polar surface area (TPSA) is 72.2 Å². The number of carbonyl (C=O) groups is 1. The Morgan fingerprint density at radius 1 is 1.03 bits per heavy atom. The number of benzene rings is 1. The van der Waals surface area contributed by atoms with E-state index in [1.807, 2.05) is 42.5 Å². The van der Waals surface area contributed by atoms with Gasteiger partial charge in [0.05, 0.1) is 5.69 Å². The van der Waals surface area contributed by atoms with Crippen LogP contribution in [-0.2, 0) is 19.4 Å². The third kappa shape index (κ3) is 5.72. The summed E-state index contributed by atoms with van der Waals surface area (Å²) in [5, 5.41) is 9.74. The van der Waals surface area contributed by atoms with Crippen molar-refractivity contribution in [2.75, 3.05) is 0 Å². The Labute approximate surface area is 189 Å². The average Bonchev–Trinajstić information content (AvgIpc) is 2.73. The maximum Gasteiger partial charge on any atom is 0.341 e.